The highest BCUT2D eigenvalue weighted by molar-refractivity contribution is 7.94. The van der Waals surface area contributed by atoms with E-state index in [1.807, 2.05) is 42.5 Å². The lowest BCUT2D eigenvalue weighted by Gasteiger charge is -2.30. The Morgan fingerprint density at radius 1 is 0.427 bits per heavy atom. The number of fused-ring (bicyclic) bond motifs is 2. The summed E-state index contributed by atoms with van der Waals surface area (Å²) in [6.07, 6.45) is 16.2. The van der Waals surface area contributed by atoms with E-state index in [4.69, 9.17) is 133 Å². The van der Waals surface area contributed by atoms with Gasteiger partial charge in [0, 0.05) is 96.7 Å². The highest BCUT2D eigenvalue weighted by Crippen LogP contribution is 2.52. The third-order valence-electron chi connectivity index (χ3n) is 19.7. The van der Waals surface area contributed by atoms with Crippen LogP contribution < -0.4 is 10.2 Å². The van der Waals surface area contributed by atoms with Crippen LogP contribution in [0.15, 0.2) is 82.3 Å². The maximum atomic E-state index is 12.8. The second-order valence-electron chi connectivity index (χ2n) is 29.7. The number of amides is 1. The highest BCUT2D eigenvalue weighted by atomic mass is 32.2. The van der Waals surface area contributed by atoms with Crippen molar-refractivity contribution in [3.63, 3.8) is 0 Å². The van der Waals surface area contributed by atoms with Gasteiger partial charge in [-0.25, -0.2) is 10.5 Å². The van der Waals surface area contributed by atoms with Crippen LogP contribution in [0.5, 0.6) is 0 Å². The Morgan fingerprint density at radius 2 is 0.809 bits per heavy atom. The van der Waals surface area contributed by atoms with Gasteiger partial charge in [0.2, 0.25) is 11.6 Å². The van der Waals surface area contributed by atoms with Gasteiger partial charge in [0.15, 0.2) is 5.71 Å². The van der Waals surface area contributed by atoms with E-state index in [-0.39, 0.29) is 23.2 Å². The summed E-state index contributed by atoms with van der Waals surface area (Å²) < 4.78 is 184. The van der Waals surface area contributed by atoms with Crippen LogP contribution >= 0.6 is 24.1 Å². The molecule has 0 radical (unpaired) electrons. The molecule has 2 aromatic rings. The van der Waals surface area contributed by atoms with Crippen LogP contribution in [0.3, 0.4) is 0 Å². The van der Waals surface area contributed by atoms with E-state index in [1.165, 1.54) is 13.2 Å². The van der Waals surface area contributed by atoms with E-state index in [1.54, 1.807) is 19.2 Å². The van der Waals surface area contributed by atoms with Crippen molar-refractivity contribution in [1.29, 1.82) is 0 Å². The van der Waals surface area contributed by atoms with Crippen molar-refractivity contribution in [2.45, 2.75) is 106 Å². The van der Waals surface area contributed by atoms with Gasteiger partial charge < -0.3 is 129 Å². The molecule has 2 aromatic carbocycles. The summed E-state index contributed by atoms with van der Waals surface area (Å²) in [4.78, 5) is 27.4. The molecule has 2 aliphatic rings. The summed E-state index contributed by atoms with van der Waals surface area (Å²) >= 11 is 1.84. The van der Waals surface area contributed by atoms with E-state index < -0.39 is 20.9 Å². The van der Waals surface area contributed by atoms with Gasteiger partial charge in [-0.2, -0.15) is 13.0 Å². The maximum Gasteiger partial charge on any atom is 0.305 e. The van der Waals surface area contributed by atoms with Gasteiger partial charge in [0.05, 0.1) is 340 Å². The SMILES string of the molecule is COCCOCCOCCOCCOCCOCCOCCOCCOCCOCCOCCOCCOCCOCCOCCOCCOCCOCCOCCOCCOCCOCCOCCOCCNC(=O)CCCCC[N+]1=C(C=CC=CC=C2N(CCCSOOO)c3ccc(S(=O)(=O)O)cc3C2(C)CCCCCC(=O)OC)C(C)(C)c2cc(SOOO)ccc21. The number of hydrogen-bond donors (Lipinski definition) is 4. The molecule has 42 heteroatoms. The van der Waals surface area contributed by atoms with E-state index in [9.17, 15) is 22.6 Å². The van der Waals surface area contributed by atoms with Crippen molar-refractivity contribution in [1.82, 2.24) is 5.32 Å². The summed E-state index contributed by atoms with van der Waals surface area (Å²) in [7, 11) is -1.52. The van der Waals surface area contributed by atoms with Gasteiger partial charge in [0.1, 0.15) is 6.54 Å². The van der Waals surface area contributed by atoms with Crippen LogP contribution in [0.2, 0.25) is 0 Å². The van der Waals surface area contributed by atoms with Crippen LogP contribution in [0.1, 0.15) is 96.1 Å². The summed E-state index contributed by atoms with van der Waals surface area (Å²) in [5.74, 6) is 0.142. The molecule has 0 spiro atoms. The predicted octanol–water partition coefficient (Wildman–Crippen LogP) is 8.80. The average Bonchev–Trinajstić information content (AvgIpc) is 1.59. The third kappa shape index (κ3) is 59.4. The number of allylic oxidation sites excluding steroid dienone is 6. The lowest BCUT2D eigenvalue weighted by molar-refractivity contribution is -0.438. The molecule has 0 saturated carbocycles. The minimum absolute atomic E-state index is 0.0447. The van der Waals surface area contributed by atoms with Crippen molar-refractivity contribution in [3.05, 3.63) is 83.6 Å². The van der Waals surface area contributed by atoms with Gasteiger partial charge in [-0.15, -0.1) is 8.67 Å². The molecule has 4 rings (SSSR count). The molecule has 2 aliphatic heterocycles. The topological polar surface area (TPSA) is 415 Å². The molecule has 1 atom stereocenters. The zero-order valence-electron chi connectivity index (χ0n) is 77.9. The standard InChI is InChI=1S/C89H151N3O36S3/c1-88(2)80-76-78(130-128-126-96)20-22-82(80)91(84(88)16-9-6-10-17-85-89(3,24-13-7-12-19-87(94)101-5)81-77-79(131(97,98)99)21-23-83(81)92(85)27-15-75-129-127-125-95)26-14-8-11-18-86(93)90-25-28-102-31-32-104-35-36-106-39-40-108-43-44-110-47-48-112-51-52-114-55-56-116-59-60-118-63-64-120-67-68-122-71-72-124-74-73-123-70-69-121-66-65-119-62-61-117-58-57-115-54-53-113-50-49-111-46-45-109-42-41-107-38-37-105-34-33-103-30-29-100-4/h6,9-10,16-17,20-23,76-77H,7-8,11-15,18-19,24-75H2,1-5H3,(H3-,90,93,95,96,97,98,99)/p+1. The normalized spacial score (nSPS) is 14.7. The highest BCUT2D eigenvalue weighted by Gasteiger charge is 2.45. The van der Waals surface area contributed by atoms with Crippen LogP contribution in [-0.2, 0) is 168 Å². The molecule has 0 fully saturated rings. The number of benzene rings is 2. The first-order valence-corrected chi connectivity index (χ1v) is 48.4. The minimum atomic E-state index is -4.52. The lowest BCUT2D eigenvalue weighted by Crippen LogP contribution is -2.29. The molecule has 39 nitrogen and oxygen atoms in total. The number of carbonyl (C=O) groups is 2. The number of unbranched alkanes of at least 4 members (excludes halogenated alkanes) is 4. The minimum Gasteiger partial charge on any atom is -0.469 e. The second kappa shape index (κ2) is 82.5. The number of methoxy groups -OCH3 is 2. The average molecular weight is 1940 g/mol. The van der Waals surface area contributed by atoms with Gasteiger partial charge in [0.25, 0.3) is 10.1 Å². The van der Waals surface area contributed by atoms with E-state index in [0.29, 0.717) is 374 Å². The third-order valence-corrected chi connectivity index (χ3v) is 21.7. The number of anilines is 1. The number of carbonyl (C=O) groups excluding carboxylic acids is 2. The Kier molecular flexibility index (Phi) is 74.8. The van der Waals surface area contributed by atoms with E-state index in [2.05, 4.69) is 56.0 Å². The van der Waals surface area contributed by atoms with Crippen molar-refractivity contribution >= 4 is 63.2 Å². The molecular formula is C89H152N3O36S3+. The monoisotopic (exact) mass is 1930 g/mol. The van der Waals surface area contributed by atoms with Gasteiger partial charge in [-0.3, -0.25) is 14.1 Å². The molecule has 0 aromatic heterocycles. The summed E-state index contributed by atoms with van der Waals surface area (Å²) in [6, 6.07) is 10.6. The molecule has 2 heterocycles. The zero-order valence-corrected chi connectivity index (χ0v) is 80.4. The fraction of sp³-hybridized carbons (Fsp3) is 0.764. The first kappa shape index (κ1) is 119. The Labute approximate surface area is 783 Å². The fourth-order valence-corrected chi connectivity index (χ4v) is 14.3. The second-order valence-corrected chi connectivity index (χ2v) is 32.7. The van der Waals surface area contributed by atoms with Gasteiger partial charge >= 0.3 is 5.97 Å². The van der Waals surface area contributed by atoms with E-state index >= 15 is 0 Å². The van der Waals surface area contributed by atoms with Crippen molar-refractivity contribution in [2.75, 3.05) is 355 Å². The first-order valence-electron chi connectivity index (χ1n) is 45.3. The maximum absolute atomic E-state index is 12.8. The molecule has 0 saturated heterocycles. The quantitative estimate of drug-likeness (QED) is 0.00702. The summed E-state index contributed by atoms with van der Waals surface area (Å²) in [5.41, 5.74) is 4.39. The molecule has 131 heavy (non-hydrogen) atoms. The van der Waals surface area contributed by atoms with Crippen LogP contribution in [0, 0.1) is 0 Å². The number of ether oxygens (including phenoxy) is 25. The largest absolute Gasteiger partial charge is 0.469 e. The molecule has 0 bridgehead atoms. The smallest absolute Gasteiger partial charge is 0.305 e. The summed E-state index contributed by atoms with van der Waals surface area (Å²) in [6.45, 7) is 30.0. The molecule has 756 valence electrons. The Balaban J connectivity index is 0.864. The van der Waals surface area contributed by atoms with Crippen LogP contribution in [0.25, 0.3) is 0 Å². The molecule has 1 unspecified atom stereocenters. The van der Waals surface area contributed by atoms with Crippen molar-refractivity contribution < 1.29 is 175 Å². The Morgan fingerprint density at radius 3 is 1.19 bits per heavy atom. The number of rotatable bonds is 97. The van der Waals surface area contributed by atoms with Gasteiger partial charge in [-0.1, -0.05) is 41.1 Å². The Bertz CT molecular complexity index is 3360. The van der Waals surface area contributed by atoms with Gasteiger partial charge in [-0.05, 0) is 94.8 Å². The molecule has 4 N–H and O–H groups in total. The molecule has 0 aliphatic carbocycles. The van der Waals surface area contributed by atoms with Crippen LogP contribution in [0.4, 0.5) is 11.4 Å². The van der Waals surface area contributed by atoms with Crippen molar-refractivity contribution in [2.24, 2.45) is 0 Å². The number of nitrogens with one attached hydrogen (secondary N) is 1. The predicted molar refractivity (Wildman–Crippen MR) is 486 cm³/mol. The number of nitrogens with zero attached hydrogens (tertiary/aromatic N) is 2. The Hall–Kier alpha value is -4.52. The lowest BCUT2D eigenvalue weighted by atomic mass is 9.77. The fourth-order valence-electron chi connectivity index (χ4n) is 13.1. The first-order chi connectivity index (χ1) is 64.2. The summed E-state index contributed by atoms with van der Waals surface area (Å²) in [5, 5.41) is 28.2. The molecule has 1 amide bonds. The number of esters is 1. The molecular weight excluding hydrogens is 1780 g/mol. The number of hydrogen-bond acceptors (Lipinski definition) is 38. The zero-order chi connectivity index (χ0) is 94.0. The van der Waals surface area contributed by atoms with Crippen molar-refractivity contribution in [3.8, 4) is 0 Å². The van der Waals surface area contributed by atoms with E-state index in [0.717, 1.165) is 82.2 Å². The van der Waals surface area contributed by atoms with Crippen LogP contribution in [-0.4, -0.2) is 396 Å².